The van der Waals surface area contributed by atoms with Crippen molar-refractivity contribution in [3.8, 4) is 16.8 Å². The Balaban J connectivity index is 0.000000219. The molecule has 0 bridgehead atoms. The van der Waals surface area contributed by atoms with Crippen LogP contribution >= 0.6 is 0 Å². The van der Waals surface area contributed by atoms with E-state index in [1.165, 1.54) is 52.9 Å². The summed E-state index contributed by atoms with van der Waals surface area (Å²) in [7, 11) is 0. The highest BCUT2D eigenvalue weighted by Gasteiger charge is 2.37. The lowest BCUT2D eigenvalue weighted by atomic mass is 9.83. The zero-order valence-electron chi connectivity index (χ0n) is 23.5. The molecule has 0 spiro atoms. The number of nitrogens with one attached hydrogen (secondary N) is 1. The van der Waals surface area contributed by atoms with Crippen molar-refractivity contribution in [3.63, 3.8) is 0 Å². The van der Waals surface area contributed by atoms with E-state index >= 15 is 0 Å². The van der Waals surface area contributed by atoms with Gasteiger partial charge in [0.05, 0.1) is 29.8 Å². The lowest BCUT2D eigenvalue weighted by Gasteiger charge is -2.26. The van der Waals surface area contributed by atoms with Crippen molar-refractivity contribution >= 4 is 12.2 Å². The molecule has 5 nitrogen and oxygen atoms in total. The Morgan fingerprint density at radius 3 is 2.50 bits per heavy atom. The van der Waals surface area contributed by atoms with Gasteiger partial charge in [0.25, 0.3) is 0 Å². The SMILES string of the molecule is CCCC1(C)CCc2cnn(-c3cccc(-c4cccc(C)c4)c3)c21.CCOC(=O)/C(C=N)=C(/C)C1CC1. The Labute approximate surface area is 227 Å². The maximum atomic E-state index is 11.3. The van der Waals surface area contributed by atoms with E-state index in [2.05, 4.69) is 80.2 Å². The van der Waals surface area contributed by atoms with Gasteiger partial charge in [0.15, 0.2) is 0 Å². The van der Waals surface area contributed by atoms with Gasteiger partial charge in [-0.05, 0) is 87.6 Å². The maximum Gasteiger partial charge on any atom is 0.339 e. The van der Waals surface area contributed by atoms with Gasteiger partial charge in [-0.2, -0.15) is 5.10 Å². The average molecular weight is 512 g/mol. The first kappa shape index (κ1) is 27.6. The molecule has 0 radical (unpaired) electrons. The third kappa shape index (κ3) is 5.98. The van der Waals surface area contributed by atoms with Crippen molar-refractivity contribution in [2.45, 2.75) is 78.6 Å². The van der Waals surface area contributed by atoms with E-state index < -0.39 is 0 Å². The molecular weight excluding hydrogens is 470 g/mol. The van der Waals surface area contributed by atoms with Crippen LogP contribution in [0.15, 0.2) is 65.9 Å². The summed E-state index contributed by atoms with van der Waals surface area (Å²) in [6.07, 6.45) is 10.3. The van der Waals surface area contributed by atoms with Crippen molar-refractivity contribution in [3.05, 3.63) is 82.7 Å². The second-order valence-electron chi connectivity index (χ2n) is 10.9. The molecule has 1 atom stereocenters. The summed E-state index contributed by atoms with van der Waals surface area (Å²) in [5.74, 6) is 0.155. The second kappa shape index (κ2) is 11.9. The quantitative estimate of drug-likeness (QED) is 0.191. The van der Waals surface area contributed by atoms with Gasteiger partial charge >= 0.3 is 5.97 Å². The fourth-order valence-electron chi connectivity index (χ4n) is 5.65. The number of esters is 1. The Morgan fingerprint density at radius 2 is 1.87 bits per heavy atom. The number of benzene rings is 2. The van der Waals surface area contributed by atoms with Crippen molar-refractivity contribution in [1.82, 2.24) is 9.78 Å². The van der Waals surface area contributed by atoms with Crippen LogP contribution in [0.1, 0.15) is 76.6 Å². The highest BCUT2D eigenvalue weighted by atomic mass is 16.5. The number of aryl methyl sites for hydroxylation is 2. The van der Waals surface area contributed by atoms with Crippen LogP contribution in [0.3, 0.4) is 0 Å². The molecule has 5 heteroatoms. The Hall–Kier alpha value is -3.47. The fourth-order valence-corrected chi connectivity index (χ4v) is 5.65. The van der Waals surface area contributed by atoms with E-state index in [1.54, 1.807) is 6.92 Å². The van der Waals surface area contributed by atoms with Crippen molar-refractivity contribution in [2.75, 3.05) is 6.61 Å². The summed E-state index contributed by atoms with van der Waals surface area (Å²) in [6.45, 7) is 10.9. The number of ether oxygens (including phenoxy) is 1. The molecule has 1 saturated carbocycles. The van der Waals surface area contributed by atoms with E-state index in [-0.39, 0.29) is 11.4 Å². The molecule has 1 N–H and O–H groups in total. The number of carbonyl (C=O) groups is 1. The molecule has 1 fully saturated rings. The second-order valence-corrected chi connectivity index (χ2v) is 10.9. The molecule has 200 valence electrons. The number of carbonyl (C=O) groups excluding carboxylic acids is 1. The third-order valence-corrected chi connectivity index (χ3v) is 7.86. The van der Waals surface area contributed by atoms with Crippen LogP contribution in [0.2, 0.25) is 0 Å². The smallest absolute Gasteiger partial charge is 0.339 e. The number of fused-ring (bicyclic) bond motifs is 1. The van der Waals surface area contributed by atoms with Gasteiger partial charge in [0, 0.05) is 11.6 Å². The van der Waals surface area contributed by atoms with E-state index in [4.69, 9.17) is 15.2 Å². The summed E-state index contributed by atoms with van der Waals surface area (Å²) in [6, 6.07) is 17.5. The van der Waals surface area contributed by atoms with Crippen molar-refractivity contribution < 1.29 is 9.53 Å². The Bertz CT molecular complexity index is 1330. The zero-order valence-corrected chi connectivity index (χ0v) is 23.5. The standard InChI is InChI=1S/C23H26N2.C10H15NO2/c1-4-12-23(3)13-11-20-16-24-25(22(20)23)21-10-6-9-19(15-21)18-8-5-7-17(2)14-18;1-3-13-10(12)9(6-11)7(2)8-4-5-8/h5-10,14-16H,4,11-13H2,1-3H3;6,8,11H,3-5H2,1-2H3/b;9-7-,11-6?. The maximum absolute atomic E-state index is 11.3. The minimum absolute atomic E-state index is 0.250. The minimum atomic E-state index is -0.359. The van der Waals surface area contributed by atoms with Crippen molar-refractivity contribution in [1.29, 1.82) is 5.41 Å². The number of allylic oxidation sites excluding steroid dienone is 1. The number of hydrogen-bond acceptors (Lipinski definition) is 4. The largest absolute Gasteiger partial charge is 0.462 e. The van der Waals surface area contributed by atoms with E-state index in [1.807, 2.05) is 6.92 Å². The average Bonchev–Trinajstić information content (AvgIpc) is 3.59. The molecule has 2 aliphatic carbocycles. The number of rotatable bonds is 8. The molecular formula is C33H41N3O2. The first-order chi connectivity index (χ1) is 18.3. The van der Waals surface area contributed by atoms with Crippen LogP contribution in [0.25, 0.3) is 16.8 Å². The summed E-state index contributed by atoms with van der Waals surface area (Å²) in [5, 5.41) is 11.9. The number of aromatic nitrogens is 2. The van der Waals surface area contributed by atoms with E-state index in [9.17, 15) is 4.79 Å². The van der Waals surface area contributed by atoms with Gasteiger partial charge in [-0.25, -0.2) is 9.48 Å². The highest BCUT2D eigenvalue weighted by Crippen LogP contribution is 2.43. The zero-order chi connectivity index (χ0) is 27.3. The number of hydrogen-bond donors (Lipinski definition) is 1. The molecule has 2 aromatic carbocycles. The lowest BCUT2D eigenvalue weighted by Crippen LogP contribution is -2.22. The Kier molecular flexibility index (Phi) is 8.65. The van der Waals surface area contributed by atoms with Crippen LogP contribution in [0.5, 0.6) is 0 Å². The molecule has 38 heavy (non-hydrogen) atoms. The van der Waals surface area contributed by atoms with Gasteiger partial charge in [-0.15, -0.1) is 0 Å². The monoisotopic (exact) mass is 511 g/mol. The molecule has 3 aromatic rings. The fraction of sp³-hybridized carbons (Fsp3) is 0.424. The van der Waals surface area contributed by atoms with Gasteiger partial charge in [0.1, 0.15) is 0 Å². The van der Waals surface area contributed by atoms with Gasteiger partial charge < -0.3 is 10.1 Å². The summed E-state index contributed by atoms with van der Waals surface area (Å²) in [4.78, 5) is 11.3. The summed E-state index contributed by atoms with van der Waals surface area (Å²) < 4.78 is 7.04. The molecule has 1 heterocycles. The van der Waals surface area contributed by atoms with Crippen LogP contribution < -0.4 is 0 Å². The molecule has 1 unspecified atom stereocenters. The molecule has 0 amide bonds. The van der Waals surface area contributed by atoms with Gasteiger partial charge in [0.2, 0.25) is 0 Å². The summed E-state index contributed by atoms with van der Waals surface area (Å²) >= 11 is 0. The Morgan fingerprint density at radius 1 is 1.16 bits per heavy atom. The van der Waals surface area contributed by atoms with Crippen LogP contribution in [0, 0.1) is 18.3 Å². The van der Waals surface area contributed by atoms with Crippen LogP contribution in [-0.4, -0.2) is 28.6 Å². The third-order valence-electron chi connectivity index (χ3n) is 7.86. The van der Waals surface area contributed by atoms with Crippen LogP contribution in [0.4, 0.5) is 0 Å². The molecule has 0 saturated heterocycles. The molecule has 2 aliphatic rings. The predicted molar refractivity (Wildman–Crippen MR) is 155 cm³/mol. The first-order valence-corrected chi connectivity index (χ1v) is 13.9. The van der Waals surface area contributed by atoms with Crippen molar-refractivity contribution in [2.24, 2.45) is 5.92 Å². The van der Waals surface area contributed by atoms with Gasteiger partial charge in [-0.3, -0.25) is 0 Å². The van der Waals surface area contributed by atoms with E-state index in [0.29, 0.717) is 18.1 Å². The van der Waals surface area contributed by atoms with E-state index in [0.717, 1.165) is 31.1 Å². The van der Waals surface area contributed by atoms with Gasteiger partial charge in [-0.1, -0.05) is 67.8 Å². The summed E-state index contributed by atoms with van der Waals surface area (Å²) in [5.41, 5.74) is 9.52. The normalized spacial score (nSPS) is 18.7. The molecule has 1 aromatic heterocycles. The highest BCUT2D eigenvalue weighted by molar-refractivity contribution is 6.09. The van der Waals surface area contributed by atoms with Crippen LogP contribution in [-0.2, 0) is 21.4 Å². The predicted octanol–water partition coefficient (Wildman–Crippen LogP) is 7.78. The lowest BCUT2D eigenvalue weighted by molar-refractivity contribution is -0.137. The number of nitrogens with zero attached hydrogens (tertiary/aromatic N) is 2. The molecule has 0 aliphatic heterocycles. The topological polar surface area (TPSA) is 68.0 Å². The first-order valence-electron chi connectivity index (χ1n) is 13.9. The molecule has 5 rings (SSSR count). The minimum Gasteiger partial charge on any atom is -0.462 e.